The first-order chi connectivity index (χ1) is 20.2. The van der Waals surface area contributed by atoms with Crippen LogP contribution in [0, 0.1) is 24.2 Å². The Morgan fingerprint density at radius 2 is 1.88 bits per heavy atom. The number of thiophene rings is 1. The maximum absolute atomic E-state index is 14.1. The number of likely N-dealkylation sites (tertiary alicyclic amines) is 1. The molecule has 1 aliphatic heterocycles. The zero-order chi connectivity index (χ0) is 31.3. The van der Waals surface area contributed by atoms with E-state index >= 15 is 0 Å². The summed E-state index contributed by atoms with van der Waals surface area (Å²) in [5, 5.41) is 19.5. The Bertz CT molecular complexity index is 1490. The maximum atomic E-state index is 14.1. The highest BCUT2D eigenvalue weighted by atomic mass is 32.1. The van der Waals surface area contributed by atoms with Crippen molar-refractivity contribution in [3.8, 4) is 0 Å². The number of nitrogens with zero attached hydrogens (tertiary/aromatic N) is 1. The minimum atomic E-state index is -1.47. The molecule has 0 spiro atoms. The van der Waals surface area contributed by atoms with Crippen LogP contribution in [0.3, 0.4) is 0 Å². The second-order valence-electron chi connectivity index (χ2n) is 13.3. The molecule has 2 aliphatic carbocycles. The fourth-order valence-electron chi connectivity index (χ4n) is 6.01. The molecule has 1 aromatic carbocycles. The molecule has 5 atom stereocenters. The van der Waals surface area contributed by atoms with Crippen LogP contribution in [0.4, 0.5) is 0 Å². The van der Waals surface area contributed by atoms with Gasteiger partial charge in [0.15, 0.2) is 0 Å². The van der Waals surface area contributed by atoms with E-state index in [9.17, 15) is 29.1 Å². The molecular weight excluding hydrogens is 568 g/mol. The second kappa shape index (κ2) is 11.4. The van der Waals surface area contributed by atoms with Crippen LogP contribution in [0.2, 0.25) is 0 Å². The Balaban J connectivity index is 1.39. The van der Waals surface area contributed by atoms with Gasteiger partial charge in [0.1, 0.15) is 17.6 Å². The maximum Gasteiger partial charge on any atom is 0.330 e. The predicted octanol–water partition coefficient (Wildman–Crippen LogP) is 3.39. The molecule has 4 N–H and O–H groups in total. The van der Waals surface area contributed by atoms with Crippen molar-refractivity contribution < 1.29 is 29.1 Å². The van der Waals surface area contributed by atoms with E-state index in [2.05, 4.69) is 22.5 Å². The number of amides is 4. The first-order valence-corrected chi connectivity index (χ1v) is 15.6. The molecule has 2 aromatic rings. The van der Waals surface area contributed by atoms with E-state index in [4.69, 9.17) is 0 Å². The predicted molar refractivity (Wildman–Crippen MR) is 163 cm³/mol. The van der Waals surface area contributed by atoms with Crippen LogP contribution in [0.1, 0.15) is 68.1 Å². The Morgan fingerprint density at radius 3 is 2.47 bits per heavy atom. The van der Waals surface area contributed by atoms with E-state index in [1.54, 1.807) is 0 Å². The van der Waals surface area contributed by atoms with E-state index in [0.717, 1.165) is 28.5 Å². The lowest BCUT2D eigenvalue weighted by Crippen LogP contribution is -2.59. The standard InChI is InChI=1S/C32H40N4O6S/c1-6-19-15-32(19,30(41)42)35-27(38)22-14-20(33-28(39)25-17(2)21-9-7-8-10-23(21)43-25)16-36(22)29(40)26(31(3,4)5)34-24(37)13-18-11-12-18/h6-10,18-20,22,26H,1,11-16H2,2-5H3,(H,33,39)(H,34,37)(H,35,38)(H,41,42)/t19?,20-,22+,26-,32?/m1/s1. The van der Waals surface area contributed by atoms with E-state index < -0.39 is 52.8 Å². The molecule has 3 fully saturated rings. The lowest BCUT2D eigenvalue weighted by atomic mass is 9.85. The summed E-state index contributed by atoms with van der Waals surface area (Å²) >= 11 is 1.38. The minimum Gasteiger partial charge on any atom is -0.479 e. The topological polar surface area (TPSA) is 145 Å². The van der Waals surface area contributed by atoms with Crippen molar-refractivity contribution in [2.45, 2.75) is 83.5 Å². The summed E-state index contributed by atoms with van der Waals surface area (Å²) in [5.41, 5.74) is -1.28. The molecular formula is C32H40N4O6S. The molecule has 1 aromatic heterocycles. The third-order valence-corrected chi connectivity index (χ3v) is 10.2. The van der Waals surface area contributed by atoms with Gasteiger partial charge in [-0.05, 0) is 61.0 Å². The smallest absolute Gasteiger partial charge is 0.330 e. The van der Waals surface area contributed by atoms with Gasteiger partial charge in [-0.2, -0.15) is 0 Å². The van der Waals surface area contributed by atoms with Gasteiger partial charge in [0.2, 0.25) is 17.7 Å². The molecule has 0 radical (unpaired) electrons. The fourth-order valence-corrected chi connectivity index (χ4v) is 7.12. The largest absolute Gasteiger partial charge is 0.479 e. The Hall–Kier alpha value is -3.73. The number of aryl methyl sites for hydroxylation is 1. The first-order valence-electron chi connectivity index (χ1n) is 14.8. The highest BCUT2D eigenvalue weighted by Gasteiger charge is 2.61. The summed E-state index contributed by atoms with van der Waals surface area (Å²) in [5.74, 6) is -2.79. The average molecular weight is 609 g/mol. The first kappa shape index (κ1) is 30.7. The van der Waals surface area contributed by atoms with Crippen molar-refractivity contribution in [2.24, 2.45) is 17.3 Å². The quantitative estimate of drug-likeness (QED) is 0.305. The van der Waals surface area contributed by atoms with Crippen LogP contribution in [0.15, 0.2) is 36.9 Å². The second-order valence-corrected chi connectivity index (χ2v) is 14.3. The lowest BCUT2D eigenvalue weighted by molar-refractivity contribution is -0.147. The van der Waals surface area contributed by atoms with Crippen molar-refractivity contribution >= 4 is 51.0 Å². The van der Waals surface area contributed by atoms with Gasteiger partial charge >= 0.3 is 5.97 Å². The zero-order valence-corrected chi connectivity index (χ0v) is 25.9. The summed E-state index contributed by atoms with van der Waals surface area (Å²) in [6, 6.07) is 5.25. The number of rotatable bonds is 10. The van der Waals surface area contributed by atoms with Crippen molar-refractivity contribution in [2.75, 3.05) is 6.54 Å². The number of nitrogens with one attached hydrogen (secondary N) is 3. The van der Waals surface area contributed by atoms with Gasteiger partial charge in [-0.25, -0.2) is 4.79 Å². The van der Waals surface area contributed by atoms with Crippen LogP contribution in [0.5, 0.6) is 0 Å². The summed E-state index contributed by atoms with van der Waals surface area (Å²) in [6.45, 7) is 11.2. The number of aliphatic carboxylic acids is 1. The normalized spacial score (nSPS) is 25.6. The van der Waals surface area contributed by atoms with Gasteiger partial charge in [-0.1, -0.05) is 45.0 Å². The van der Waals surface area contributed by atoms with Gasteiger partial charge < -0.3 is 26.0 Å². The number of carboxylic acid groups (broad SMARTS) is 1. The van der Waals surface area contributed by atoms with Crippen LogP contribution in [0.25, 0.3) is 10.1 Å². The highest BCUT2D eigenvalue weighted by molar-refractivity contribution is 7.21. The molecule has 4 amide bonds. The molecule has 2 heterocycles. The number of fused-ring (bicyclic) bond motifs is 1. The minimum absolute atomic E-state index is 0.0443. The molecule has 3 aliphatic rings. The number of carbonyl (C=O) groups is 5. The number of carbonyl (C=O) groups excluding carboxylic acids is 4. The van der Waals surface area contributed by atoms with Gasteiger partial charge in [0, 0.05) is 29.6 Å². The van der Waals surface area contributed by atoms with Crippen LogP contribution >= 0.6 is 11.3 Å². The summed E-state index contributed by atoms with van der Waals surface area (Å²) < 4.78 is 0.987. The van der Waals surface area contributed by atoms with E-state index in [1.807, 2.05) is 52.0 Å². The molecule has 0 bridgehead atoms. The Morgan fingerprint density at radius 1 is 1.19 bits per heavy atom. The van der Waals surface area contributed by atoms with Crippen LogP contribution in [-0.2, 0) is 19.2 Å². The molecule has 10 nitrogen and oxygen atoms in total. The third kappa shape index (κ3) is 6.18. The monoisotopic (exact) mass is 608 g/mol. The van der Waals surface area contributed by atoms with Gasteiger partial charge in [0.05, 0.1) is 4.88 Å². The average Bonchev–Trinajstić information content (AvgIpc) is 3.82. The SMILES string of the molecule is C=CC1CC1(NC(=O)[C@@H]1C[C@@H](NC(=O)c2sc3ccccc3c2C)CN1C(=O)[C@@H](NC(=O)CC1CC1)C(C)(C)C)C(=O)O. The van der Waals surface area contributed by atoms with Crippen molar-refractivity contribution in [1.29, 1.82) is 0 Å². The molecule has 5 rings (SSSR count). The number of hydrogen-bond acceptors (Lipinski definition) is 6. The Labute approximate surface area is 255 Å². The summed E-state index contributed by atoms with van der Waals surface area (Å²) in [7, 11) is 0. The van der Waals surface area contributed by atoms with E-state index in [-0.39, 0.29) is 31.2 Å². The Kier molecular flexibility index (Phi) is 8.15. The molecule has 2 saturated carbocycles. The molecule has 2 unspecified atom stereocenters. The van der Waals surface area contributed by atoms with Crippen molar-refractivity contribution in [1.82, 2.24) is 20.9 Å². The molecule has 230 valence electrons. The molecule has 43 heavy (non-hydrogen) atoms. The number of benzene rings is 1. The number of carboxylic acids is 1. The van der Waals surface area contributed by atoms with Crippen LogP contribution < -0.4 is 16.0 Å². The van der Waals surface area contributed by atoms with E-state index in [0.29, 0.717) is 17.2 Å². The third-order valence-electron chi connectivity index (χ3n) is 8.89. The lowest BCUT2D eigenvalue weighted by Gasteiger charge is -2.35. The molecule has 11 heteroatoms. The summed E-state index contributed by atoms with van der Waals surface area (Å²) in [6.07, 6.45) is 4.16. The van der Waals surface area contributed by atoms with Gasteiger partial charge in [-0.3, -0.25) is 19.2 Å². The van der Waals surface area contributed by atoms with Gasteiger partial charge in [-0.15, -0.1) is 17.9 Å². The summed E-state index contributed by atoms with van der Waals surface area (Å²) in [4.78, 5) is 68.2. The van der Waals surface area contributed by atoms with Crippen molar-refractivity contribution in [3.63, 3.8) is 0 Å². The highest BCUT2D eigenvalue weighted by Crippen LogP contribution is 2.45. The molecule has 1 saturated heterocycles. The van der Waals surface area contributed by atoms with Crippen LogP contribution in [-0.4, -0.2) is 69.8 Å². The van der Waals surface area contributed by atoms with E-state index in [1.165, 1.54) is 22.3 Å². The fraction of sp³-hybridized carbons (Fsp3) is 0.531. The number of hydrogen-bond donors (Lipinski definition) is 4. The zero-order valence-electron chi connectivity index (χ0n) is 25.1. The van der Waals surface area contributed by atoms with Crippen molar-refractivity contribution in [3.05, 3.63) is 47.4 Å². The van der Waals surface area contributed by atoms with Gasteiger partial charge in [0.25, 0.3) is 5.91 Å².